The predicted octanol–water partition coefficient (Wildman–Crippen LogP) is 9.67. The molecule has 5 heteroatoms. The van der Waals surface area contributed by atoms with E-state index < -0.39 is 8.07 Å². The molecule has 0 saturated carbocycles. The number of aromatic nitrogens is 2. The third-order valence-corrected chi connectivity index (χ3v) is 9.72. The van der Waals surface area contributed by atoms with Crippen LogP contribution in [-0.2, 0) is 20.1 Å². The van der Waals surface area contributed by atoms with Gasteiger partial charge >= 0.3 is 0 Å². The number of hydrogen-bond donors (Lipinski definition) is 0. The van der Waals surface area contributed by atoms with E-state index in [0.29, 0.717) is 5.92 Å². The van der Waals surface area contributed by atoms with Crippen molar-refractivity contribution in [3.63, 3.8) is 0 Å². The number of fused-ring (bicyclic) bond motifs is 3. The van der Waals surface area contributed by atoms with E-state index in [1.54, 1.807) is 0 Å². The number of furan rings is 1. The van der Waals surface area contributed by atoms with Crippen molar-refractivity contribution in [2.24, 2.45) is 0 Å². The van der Waals surface area contributed by atoms with Crippen molar-refractivity contribution < 1.29 is 24.5 Å². The summed E-state index contributed by atoms with van der Waals surface area (Å²) in [6.45, 7) is 15.9. The molecule has 0 aliphatic carbocycles. The molecule has 0 saturated heterocycles. The maximum absolute atomic E-state index is 6.38. The van der Waals surface area contributed by atoms with Gasteiger partial charge in [-0.1, -0.05) is 80.3 Å². The predicted molar refractivity (Wildman–Crippen MR) is 175 cm³/mol. The number of hydrogen-bond acceptors (Lipinski definition) is 3. The van der Waals surface area contributed by atoms with Crippen molar-refractivity contribution in [2.75, 3.05) is 0 Å². The minimum absolute atomic E-state index is 0. The van der Waals surface area contributed by atoms with Crippen LogP contribution in [0.2, 0.25) is 19.6 Å². The Labute approximate surface area is 264 Å². The fourth-order valence-electron chi connectivity index (χ4n) is 5.22. The summed E-state index contributed by atoms with van der Waals surface area (Å²) in [6.07, 6.45) is 4.93. The summed E-state index contributed by atoms with van der Waals surface area (Å²) in [7, 11) is -1.56. The summed E-state index contributed by atoms with van der Waals surface area (Å²) in [5, 5.41) is 3.83. The Balaban J connectivity index is 0.000000243. The van der Waals surface area contributed by atoms with Gasteiger partial charge in [-0.15, -0.1) is 53.2 Å². The summed E-state index contributed by atoms with van der Waals surface area (Å²) in [4.78, 5) is 9.04. The molecule has 6 aromatic rings. The van der Waals surface area contributed by atoms with E-state index in [0.717, 1.165) is 40.1 Å². The molecular formula is C37H38IrN2OSi-2. The largest absolute Gasteiger partial charge is 0.501 e. The van der Waals surface area contributed by atoms with E-state index in [1.165, 1.54) is 32.6 Å². The molecule has 0 spiro atoms. The summed E-state index contributed by atoms with van der Waals surface area (Å²) < 4.78 is 6.38. The van der Waals surface area contributed by atoms with Gasteiger partial charge in [0.25, 0.3) is 0 Å². The topological polar surface area (TPSA) is 38.9 Å². The van der Waals surface area contributed by atoms with Gasteiger partial charge in [0, 0.05) is 46.0 Å². The van der Waals surface area contributed by atoms with Crippen molar-refractivity contribution in [1.29, 1.82) is 0 Å². The van der Waals surface area contributed by atoms with Gasteiger partial charge in [0.05, 0.1) is 5.58 Å². The minimum atomic E-state index is -1.56. The normalized spacial score (nSPS) is 12.0. The minimum Gasteiger partial charge on any atom is -0.501 e. The number of nitrogens with zero attached hydrogens (tertiary/aromatic N) is 2. The molecule has 0 N–H and O–H groups in total. The van der Waals surface area contributed by atoms with Gasteiger partial charge in [0.15, 0.2) is 0 Å². The van der Waals surface area contributed by atoms with E-state index in [2.05, 4.69) is 101 Å². The van der Waals surface area contributed by atoms with E-state index in [9.17, 15) is 0 Å². The standard InChI is InChI=1S/C25H28NOSi.C12H10N.Ir/c1-7-16(2)20-14-21(26-15-17(20)3)18-12-13-23(28(4,5)6)24-19-10-8-9-11-22(19)27-25(18)24;1-10-7-8-13-12(9-10)11-5-3-2-4-6-11;/h8-11,13-16H,7H2,1-6H3;2-5,7-9H,1H3;/q2*-1;. The Hall–Kier alpha value is -3.37. The molecule has 0 bridgehead atoms. The van der Waals surface area contributed by atoms with Crippen LogP contribution in [-0.4, -0.2) is 18.0 Å². The van der Waals surface area contributed by atoms with Crippen LogP contribution in [0, 0.1) is 26.0 Å². The first-order valence-electron chi connectivity index (χ1n) is 14.4. The molecule has 0 aliphatic heterocycles. The summed E-state index contributed by atoms with van der Waals surface area (Å²) >= 11 is 0. The molecule has 3 aromatic heterocycles. The molecule has 42 heavy (non-hydrogen) atoms. The molecule has 3 nitrogen and oxygen atoms in total. The molecule has 0 aliphatic rings. The van der Waals surface area contributed by atoms with Crippen molar-refractivity contribution in [3.05, 3.63) is 114 Å². The maximum atomic E-state index is 6.38. The van der Waals surface area contributed by atoms with Gasteiger partial charge in [0.1, 0.15) is 5.58 Å². The fraction of sp³-hybridized carbons (Fsp3) is 0.243. The Morgan fingerprint density at radius 3 is 2.36 bits per heavy atom. The van der Waals surface area contributed by atoms with E-state index in [1.807, 2.05) is 48.8 Å². The second-order valence-electron chi connectivity index (χ2n) is 11.9. The quantitative estimate of drug-likeness (QED) is 0.130. The smallest absolute Gasteiger partial charge is 0.120 e. The van der Waals surface area contributed by atoms with Gasteiger partial charge in [-0.3, -0.25) is 0 Å². The zero-order chi connectivity index (χ0) is 29.1. The van der Waals surface area contributed by atoms with Gasteiger partial charge in [-0.05, 0) is 60.8 Å². The third kappa shape index (κ3) is 6.65. The number of para-hydroxylation sites is 1. The molecule has 0 amide bonds. The molecule has 3 heterocycles. The van der Waals surface area contributed by atoms with Crippen LogP contribution in [0.4, 0.5) is 0 Å². The first-order chi connectivity index (χ1) is 19.7. The first kappa shape index (κ1) is 31.6. The third-order valence-electron chi connectivity index (χ3n) is 7.71. The molecule has 0 fully saturated rings. The zero-order valence-electron chi connectivity index (χ0n) is 25.5. The fourth-order valence-corrected chi connectivity index (χ4v) is 6.72. The summed E-state index contributed by atoms with van der Waals surface area (Å²) in [6, 6.07) is 31.4. The van der Waals surface area contributed by atoms with Crippen LogP contribution in [0.3, 0.4) is 0 Å². The maximum Gasteiger partial charge on any atom is 0.120 e. The van der Waals surface area contributed by atoms with Crippen molar-refractivity contribution in [3.8, 4) is 22.5 Å². The SMILES string of the molecule is CCC(C)c1cc(-c2[c-]cc([Si](C)(C)C)c3c2oc2ccccc23)ncc1C.Cc1ccnc(-c2[c-]cccc2)c1.[Ir]. The average Bonchev–Trinajstić information content (AvgIpc) is 3.36. The van der Waals surface area contributed by atoms with Gasteiger partial charge < -0.3 is 14.4 Å². The van der Waals surface area contributed by atoms with Crippen LogP contribution in [0.25, 0.3) is 44.5 Å². The molecule has 1 atom stereocenters. The monoisotopic (exact) mass is 747 g/mol. The zero-order valence-corrected chi connectivity index (χ0v) is 28.9. The Kier molecular flexibility index (Phi) is 9.99. The molecule has 3 aromatic carbocycles. The van der Waals surface area contributed by atoms with E-state index in [-0.39, 0.29) is 20.1 Å². The van der Waals surface area contributed by atoms with Crippen LogP contribution >= 0.6 is 0 Å². The molecular weight excluding hydrogens is 709 g/mol. The molecule has 217 valence electrons. The Bertz CT molecular complexity index is 1800. The van der Waals surface area contributed by atoms with Gasteiger partial charge in [-0.25, -0.2) is 0 Å². The Morgan fingerprint density at radius 2 is 1.67 bits per heavy atom. The molecule has 6 rings (SSSR count). The van der Waals surface area contributed by atoms with Crippen LogP contribution in [0.1, 0.15) is 42.9 Å². The molecule has 1 unspecified atom stereocenters. The number of aryl methyl sites for hydroxylation is 2. The van der Waals surface area contributed by atoms with Crippen LogP contribution < -0.4 is 5.19 Å². The summed E-state index contributed by atoms with van der Waals surface area (Å²) in [5.74, 6) is 0.508. The number of rotatable bonds is 5. The van der Waals surface area contributed by atoms with Gasteiger partial charge in [0.2, 0.25) is 0 Å². The van der Waals surface area contributed by atoms with Crippen LogP contribution in [0.5, 0.6) is 0 Å². The Morgan fingerprint density at radius 1 is 0.905 bits per heavy atom. The van der Waals surface area contributed by atoms with E-state index in [4.69, 9.17) is 9.40 Å². The molecule has 1 radical (unpaired) electrons. The summed E-state index contributed by atoms with van der Waals surface area (Å²) in [5.41, 5.74) is 9.65. The number of benzene rings is 3. The average molecular weight is 747 g/mol. The van der Waals surface area contributed by atoms with Gasteiger partial charge in [-0.2, -0.15) is 0 Å². The number of pyridine rings is 2. The van der Waals surface area contributed by atoms with E-state index >= 15 is 0 Å². The second kappa shape index (κ2) is 13.3. The van der Waals surface area contributed by atoms with Crippen molar-refractivity contribution >= 4 is 35.2 Å². The first-order valence-corrected chi connectivity index (χ1v) is 17.9. The second-order valence-corrected chi connectivity index (χ2v) is 16.9. The van der Waals surface area contributed by atoms with Crippen molar-refractivity contribution in [1.82, 2.24) is 9.97 Å². The van der Waals surface area contributed by atoms with Crippen LogP contribution in [0.15, 0.2) is 89.6 Å². The van der Waals surface area contributed by atoms with Crippen molar-refractivity contribution in [2.45, 2.75) is 59.7 Å².